The van der Waals surface area contributed by atoms with E-state index in [4.69, 9.17) is 24.7 Å². The zero-order valence-corrected chi connectivity index (χ0v) is 23.6. The van der Waals surface area contributed by atoms with Gasteiger partial charge in [-0.2, -0.15) is 0 Å². The molecule has 3 atom stereocenters. The summed E-state index contributed by atoms with van der Waals surface area (Å²) in [6.07, 6.45) is 3.76. The summed E-state index contributed by atoms with van der Waals surface area (Å²) in [6, 6.07) is 5.28. The van der Waals surface area contributed by atoms with Gasteiger partial charge in [0.25, 0.3) is 0 Å². The summed E-state index contributed by atoms with van der Waals surface area (Å²) in [6.45, 7) is 10.0. The highest BCUT2D eigenvalue weighted by molar-refractivity contribution is 5.79. The molecule has 2 fully saturated rings. The summed E-state index contributed by atoms with van der Waals surface area (Å²) < 4.78 is 22.7. The standard InChI is InChI=1S/C29H45N3O7/c1-4-5-11-31(12-7-6-10-30)25(33)18-32-17-21(20-8-9-23-24(15-20)39-19-38-23)26(27(34)35)22(32)16-29(2,3)28-36-13-14-37-28/h8-9,15,21-22,26,28H,4-7,10-14,16-19,30H2,1-3H3,(H,34,35). The molecule has 2 saturated heterocycles. The molecule has 218 valence electrons. The first kappa shape index (κ1) is 29.6. The van der Waals surface area contributed by atoms with Gasteiger partial charge < -0.3 is 34.7 Å². The van der Waals surface area contributed by atoms with Crippen LogP contribution in [0, 0.1) is 11.3 Å². The average molecular weight is 548 g/mol. The summed E-state index contributed by atoms with van der Waals surface area (Å²) in [5.41, 5.74) is 6.13. The highest BCUT2D eigenvalue weighted by atomic mass is 16.7. The van der Waals surface area contributed by atoms with Crippen LogP contribution in [0.2, 0.25) is 0 Å². The Morgan fingerprint density at radius 3 is 2.51 bits per heavy atom. The second-order valence-electron chi connectivity index (χ2n) is 11.6. The van der Waals surface area contributed by atoms with Gasteiger partial charge in [-0.1, -0.05) is 33.3 Å². The van der Waals surface area contributed by atoms with Crippen molar-refractivity contribution in [2.75, 3.05) is 52.7 Å². The largest absolute Gasteiger partial charge is 0.481 e. The Bertz CT molecular complexity index is 982. The molecule has 3 aliphatic rings. The number of carboxylic acids is 1. The predicted octanol–water partition coefficient (Wildman–Crippen LogP) is 3.04. The molecule has 0 bridgehead atoms. The van der Waals surface area contributed by atoms with Gasteiger partial charge >= 0.3 is 5.97 Å². The molecule has 1 aromatic carbocycles. The monoisotopic (exact) mass is 547 g/mol. The molecule has 0 aliphatic carbocycles. The van der Waals surface area contributed by atoms with Crippen LogP contribution in [-0.2, 0) is 19.1 Å². The van der Waals surface area contributed by atoms with E-state index in [0.29, 0.717) is 57.3 Å². The predicted molar refractivity (Wildman–Crippen MR) is 146 cm³/mol. The lowest BCUT2D eigenvalue weighted by Gasteiger charge is -2.37. The number of hydrogen-bond donors (Lipinski definition) is 2. The highest BCUT2D eigenvalue weighted by Gasteiger charge is 2.50. The van der Waals surface area contributed by atoms with Crippen molar-refractivity contribution >= 4 is 11.9 Å². The Labute approximate surface area is 231 Å². The van der Waals surface area contributed by atoms with Crippen LogP contribution < -0.4 is 15.2 Å². The van der Waals surface area contributed by atoms with Crippen LogP contribution in [0.3, 0.4) is 0 Å². The van der Waals surface area contributed by atoms with Crippen molar-refractivity contribution in [2.45, 2.75) is 71.1 Å². The topological polar surface area (TPSA) is 124 Å². The van der Waals surface area contributed by atoms with Crippen molar-refractivity contribution in [2.24, 2.45) is 17.1 Å². The molecule has 0 radical (unpaired) electrons. The number of aliphatic carboxylic acids is 1. The Morgan fingerprint density at radius 1 is 1.10 bits per heavy atom. The number of unbranched alkanes of at least 4 members (excludes halogenated alkanes) is 2. The normalized spacial score (nSPS) is 23.4. The molecular weight excluding hydrogens is 502 g/mol. The van der Waals surface area contributed by atoms with Crippen LogP contribution in [0.4, 0.5) is 0 Å². The van der Waals surface area contributed by atoms with Crippen molar-refractivity contribution in [3.63, 3.8) is 0 Å². The number of amides is 1. The van der Waals surface area contributed by atoms with Gasteiger partial charge in [-0.3, -0.25) is 14.5 Å². The van der Waals surface area contributed by atoms with E-state index in [0.717, 1.165) is 31.2 Å². The fourth-order valence-corrected chi connectivity index (χ4v) is 6.10. The number of likely N-dealkylation sites (tertiary alicyclic amines) is 1. The number of nitrogens with two attached hydrogens (primary N) is 1. The number of carboxylic acid groups (broad SMARTS) is 1. The Hall–Kier alpha value is -2.40. The van der Waals surface area contributed by atoms with Gasteiger partial charge in [0, 0.05) is 37.0 Å². The quantitative estimate of drug-likeness (QED) is 0.338. The molecule has 0 saturated carbocycles. The van der Waals surface area contributed by atoms with Gasteiger partial charge in [0.1, 0.15) is 0 Å². The van der Waals surface area contributed by atoms with E-state index in [1.165, 1.54) is 0 Å². The van der Waals surface area contributed by atoms with E-state index >= 15 is 0 Å². The van der Waals surface area contributed by atoms with Crippen molar-refractivity contribution in [1.82, 2.24) is 9.80 Å². The number of hydrogen-bond acceptors (Lipinski definition) is 8. The fourth-order valence-electron chi connectivity index (χ4n) is 6.10. The third kappa shape index (κ3) is 7.03. The van der Waals surface area contributed by atoms with E-state index in [1.54, 1.807) is 0 Å². The molecule has 0 aromatic heterocycles. The molecule has 10 nitrogen and oxygen atoms in total. The maximum absolute atomic E-state index is 13.7. The molecule has 4 rings (SSSR count). The summed E-state index contributed by atoms with van der Waals surface area (Å²) >= 11 is 0. The summed E-state index contributed by atoms with van der Waals surface area (Å²) in [5, 5.41) is 10.5. The fraction of sp³-hybridized carbons (Fsp3) is 0.724. The first-order valence-corrected chi connectivity index (χ1v) is 14.3. The first-order valence-electron chi connectivity index (χ1n) is 14.3. The van der Waals surface area contributed by atoms with E-state index in [2.05, 4.69) is 25.7 Å². The maximum atomic E-state index is 13.7. The maximum Gasteiger partial charge on any atom is 0.308 e. The van der Waals surface area contributed by atoms with Crippen LogP contribution in [0.25, 0.3) is 0 Å². The zero-order chi connectivity index (χ0) is 28.0. The van der Waals surface area contributed by atoms with Crippen LogP contribution in [0.15, 0.2) is 18.2 Å². The van der Waals surface area contributed by atoms with Crippen molar-refractivity contribution in [1.29, 1.82) is 0 Å². The Balaban J connectivity index is 1.61. The molecule has 3 unspecified atom stereocenters. The number of carbonyl (C=O) groups excluding carboxylic acids is 1. The van der Waals surface area contributed by atoms with E-state index in [1.807, 2.05) is 23.1 Å². The van der Waals surface area contributed by atoms with Gasteiger partial charge in [-0.25, -0.2) is 0 Å². The van der Waals surface area contributed by atoms with Crippen LogP contribution in [0.1, 0.15) is 64.4 Å². The van der Waals surface area contributed by atoms with Crippen molar-refractivity contribution in [3.05, 3.63) is 23.8 Å². The minimum atomic E-state index is -0.868. The number of benzene rings is 1. The molecule has 0 spiro atoms. The average Bonchev–Trinajstić information content (AvgIpc) is 3.66. The number of nitrogens with zero attached hydrogens (tertiary/aromatic N) is 2. The Morgan fingerprint density at radius 2 is 1.82 bits per heavy atom. The minimum absolute atomic E-state index is 0.0344. The number of fused-ring (bicyclic) bond motifs is 1. The summed E-state index contributed by atoms with van der Waals surface area (Å²) in [7, 11) is 0. The zero-order valence-electron chi connectivity index (χ0n) is 23.6. The molecule has 3 aliphatic heterocycles. The van der Waals surface area contributed by atoms with Crippen LogP contribution >= 0.6 is 0 Å². The SMILES string of the molecule is CCCCN(CCCCN)C(=O)CN1CC(c2ccc3c(c2)OCO3)C(C(=O)O)C1CC(C)(C)C1OCCO1. The van der Waals surface area contributed by atoms with Gasteiger partial charge in [-0.15, -0.1) is 0 Å². The first-order chi connectivity index (χ1) is 18.7. The summed E-state index contributed by atoms with van der Waals surface area (Å²) in [4.78, 5) is 30.5. The van der Waals surface area contributed by atoms with Crippen LogP contribution in [-0.4, -0.2) is 91.8 Å². The lowest BCUT2D eigenvalue weighted by molar-refractivity contribution is -0.148. The minimum Gasteiger partial charge on any atom is -0.481 e. The number of carbonyl (C=O) groups is 2. The number of ether oxygens (including phenoxy) is 4. The molecule has 10 heteroatoms. The highest BCUT2D eigenvalue weighted by Crippen LogP contribution is 2.46. The lowest BCUT2D eigenvalue weighted by Crippen LogP contribution is -2.47. The van der Waals surface area contributed by atoms with E-state index in [9.17, 15) is 14.7 Å². The molecular formula is C29H45N3O7. The second-order valence-corrected chi connectivity index (χ2v) is 11.6. The van der Waals surface area contributed by atoms with Gasteiger partial charge in [0.2, 0.25) is 12.7 Å². The van der Waals surface area contributed by atoms with Crippen molar-refractivity contribution < 1.29 is 33.6 Å². The third-order valence-corrected chi connectivity index (χ3v) is 8.21. The molecule has 39 heavy (non-hydrogen) atoms. The summed E-state index contributed by atoms with van der Waals surface area (Å²) in [5.74, 6) is -0.563. The second kappa shape index (κ2) is 13.3. The molecule has 3 heterocycles. The molecule has 1 amide bonds. The van der Waals surface area contributed by atoms with Crippen molar-refractivity contribution in [3.8, 4) is 11.5 Å². The van der Waals surface area contributed by atoms with Gasteiger partial charge in [-0.05, 0) is 49.9 Å². The van der Waals surface area contributed by atoms with E-state index < -0.39 is 23.6 Å². The molecule has 3 N–H and O–H groups in total. The molecule has 1 aromatic rings. The van der Waals surface area contributed by atoms with Gasteiger partial charge in [0.15, 0.2) is 17.8 Å². The lowest BCUT2D eigenvalue weighted by atomic mass is 9.77. The van der Waals surface area contributed by atoms with Crippen LogP contribution in [0.5, 0.6) is 11.5 Å². The Kier molecular flexibility index (Phi) is 10.1. The van der Waals surface area contributed by atoms with Gasteiger partial charge in [0.05, 0.1) is 25.7 Å². The number of rotatable bonds is 14. The smallest absolute Gasteiger partial charge is 0.308 e. The third-order valence-electron chi connectivity index (χ3n) is 8.21. The van der Waals surface area contributed by atoms with E-state index in [-0.39, 0.29) is 31.2 Å².